The molecule has 5 atom stereocenters. The van der Waals surface area contributed by atoms with Gasteiger partial charge >= 0.3 is 5.97 Å². The summed E-state index contributed by atoms with van der Waals surface area (Å²) in [5, 5.41) is 11.2. The number of phenolic OH excluding ortho intramolecular Hbond substituents is 1. The summed E-state index contributed by atoms with van der Waals surface area (Å²) in [5.74, 6) is 0.0947. The van der Waals surface area contributed by atoms with Gasteiger partial charge in [0, 0.05) is 25.6 Å². The Hall–Kier alpha value is -3.40. The molecular formula is C37H44N2O6S. The second-order valence-corrected chi connectivity index (χ2v) is 15.9. The fraction of sp³-hybridized carbons (Fsp3) is 0.486. The minimum absolute atomic E-state index is 0.0468. The third-order valence-corrected chi connectivity index (χ3v) is 12.7. The predicted molar refractivity (Wildman–Crippen MR) is 176 cm³/mol. The third-order valence-electron chi connectivity index (χ3n) is 10.8. The number of phenols is 1. The van der Waals surface area contributed by atoms with E-state index in [9.17, 15) is 18.3 Å². The fourth-order valence-corrected chi connectivity index (χ4v) is 11.1. The summed E-state index contributed by atoms with van der Waals surface area (Å²) in [4.78, 5) is 15.5. The molecule has 2 fully saturated rings. The number of nitrogens with zero attached hydrogens (tertiary/aromatic N) is 2. The Morgan fingerprint density at radius 3 is 2.41 bits per heavy atom. The highest BCUT2D eigenvalue weighted by molar-refractivity contribution is 7.88. The maximum atomic E-state index is 14.4. The average Bonchev–Trinajstić information content (AvgIpc) is 3.37. The van der Waals surface area contributed by atoms with Crippen molar-refractivity contribution < 1.29 is 27.8 Å². The largest absolute Gasteiger partial charge is 0.504 e. The molecule has 3 aromatic rings. The normalized spacial score (nSPS) is 28.2. The monoisotopic (exact) mass is 644 g/mol. The number of benzene rings is 3. The van der Waals surface area contributed by atoms with Crippen LogP contribution in [0.2, 0.25) is 0 Å². The van der Waals surface area contributed by atoms with Crippen molar-refractivity contribution in [3.8, 4) is 11.5 Å². The first-order valence-electron chi connectivity index (χ1n) is 16.6. The number of likely N-dealkylation sites (tertiary alicyclic amines) is 1. The molecule has 1 N–H and O–H groups in total. The minimum Gasteiger partial charge on any atom is -0.504 e. The molecule has 2 aliphatic heterocycles. The molecule has 2 unspecified atom stereocenters. The summed E-state index contributed by atoms with van der Waals surface area (Å²) in [6, 6.07) is 22.8. The van der Waals surface area contributed by atoms with Gasteiger partial charge in [0.1, 0.15) is 11.7 Å². The lowest BCUT2D eigenvalue weighted by atomic mass is 9.48. The first kappa shape index (κ1) is 31.2. The van der Waals surface area contributed by atoms with E-state index in [2.05, 4.69) is 29.2 Å². The van der Waals surface area contributed by atoms with Crippen LogP contribution >= 0.6 is 0 Å². The van der Waals surface area contributed by atoms with Crippen LogP contribution in [0.3, 0.4) is 0 Å². The van der Waals surface area contributed by atoms with E-state index in [0.29, 0.717) is 38.0 Å². The van der Waals surface area contributed by atoms with Crippen LogP contribution in [-0.2, 0) is 43.6 Å². The van der Waals surface area contributed by atoms with Gasteiger partial charge in [-0.2, -0.15) is 4.31 Å². The molecule has 0 aromatic heterocycles. The lowest BCUT2D eigenvalue weighted by molar-refractivity contribution is -0.221. The van der Waals surface area contributed by atoms with Crippen molar-refractivity contribution in [2.24, 2.45) is 5.92 Å². The molecule has 1 saturated carbocycles. The van der Waals surface area contributed by atoms with E-state index in [1.807, 2.05) is 56.3 Å². The Balaban J connectivity index is 1.34. The maximum absolute atomic E-state index is 14.4. The summed E-state index contributed by atoms with van der Waals surface area (Å²) in [5.41, 5.74) is 2.26. The number of hydrogen-bond acceptors (Lipinski definition) is 7. The fourth-order valence-electron chi connectivity index (χ4n) is 9.20. The van der Waals surface area contributed by atoms with Crippen LogP contribution in [0.25, 0.3) is 0 Å². The summed E-state index contributed by atoms with van der Waals surface area (Å²) in [6.45, 7) is 7.45. The molecule has 0 radical (unpaired) electrons. The topological polar surface area (TPSA) is 96.4 Å². The Labute approximate surface area is 272 Å². The standard InChI is InChI=1S/C37H44N2O6S/c1-25(2)23-39(46(42,43)24-28-12-8-5-9-13-28)30-16-18-37(45-26(3)40)32-22-29-14-15-31(41)34-33(29)36(37,35(30)44-34)19-21-38(32)20-17-27-10-6-4-7-11-27/h4-15,25,30,32,35,41H,16-24H2,1-3H3/t30?,32-,35?,36+,37-/m1/s1. The van der Waals surface area contributed by atoms with Gasteiger partial charge in [0.05, 0.1) is 23.3 Å². The third kappa shape index (κ3) is 4.93. The Bertz CT molecular complexity index is 1710. The zero-order valence-electron chi connectivity index (χ0n) is 26.9. The average molecular weight is 645 g/mol. The first-order chi connectivity index (χ1) is 22.1. The number of carbonyl (C=O) groups is 1. The number of ether oxygens (including phenoxy) is 2. The van der Waals surface area contributed by atoms with Gasteiger partial charge in [-0.25, -0.2) is 8.42 Å². The van der Waals surface area contributed by atoms with Crippen molar-refractivity contribution in [3.63, 3.8) is 0 Å². The molecule has 3 aromatic carbocycles. The molecule has 8 nitrogen and oxygen atoms in total. The molecule has 2 aliphatic carbocycles. The second kappa shape index (κ2) is 11.7. The highest BCUT2D eigenvalue weighted by Gasteiger charge is 2.76. The van der Waals surface area contributed by atoms with Crippen molar-refractivity contribution in [2.75, 3.05) is 19.6 Å². The molecule has 4 aliphatic rings. The number of sulfonamides is 1. The van der Waals surface area contributed by atoms with Crippen molar-refractivity contribution in [1.82, 2.24) is 9.21 Å². The number of carbonyl (C=O) groups excluding carboxylic acids is 1. The molecular weight excluding hydrogens is 600 g/mol. The van der Waals surface area contributed by atoms with Crippen LogP contribution in [0.15, 0.2) is 72.8 Å². The molecule has 0 amide bonds. The lowest BCUT2D eigenvalue weighted by Gasteiger charge is -2.65. The second-order valence-electron chi connectivity index (χ2n) is 14.0. The Kier molecular flexibility index (Phi) is 7.93. The predicted octanol–water partition coefficient (Wildman–Crippen LogP) is 5.22. The smallest absolute Gasteiger partial charge is 0.303 e. The van der Waals surface area contributed by atoms with Crippen LogP contribution < -0.4 is 4.74 Å². The Morgan fingerprint density at radius 1 is 1.04 bits per heavy atom. The van der Waals surface area contributed by atoms with Crippen molar-refractivity contribution in [2.45, 2.75) is 87.8 Å². The van der Waals surface area contributed by atoms with Gasteiger partial charge in [0.15, 0.2) is 11.5 Å². The van der Waals surface area contributed by atoms with E-state index in [1.54, 1.807) is 10.4 Å². The van der Waals surface area contributed by atoms with Crippen LogP contribution in [0.4, 0.5) is 0 Å². The lowest BCUT2D eigenvalue weighted by Crippen LogP contribution is -2.79. The number of aromatic hydroxyl groups is 1. The highest BCUT2D eigenvalue weighted by atomic mass is 32.2. The molecule has 1 spiro atoms. The van der Waals surface area contributed by atoms with Crippen molar-refractivity contribution in [3.05, 3.63) is 95.1 Å². The molecule has 2 bridgehead atoms. The molecule has 46 heavy (non-hydrogen) atoms. The van der Waals surface area contributed by atoms with Crippen LogP contribution in [-0.4, -0.2) is 72.1 Å². The first-order valence-corrected chi connectivity index (χ1v) is 18.2. The van der Waals surface area contributed by atoms with Gasteiger partial charge in [-0.3, -0.25) is 9.69 Å². The highest BCUT2D eigenvalue weighted by Crippen LogP contribution is 2.67. The molecule has 244 valence electrons. The van der Waals surface area contributed by atoms with Crippen molar-refractivity contribution >= 4 is 16.0 Å². The van der Waals surface area contributed by atoms with Gasteiger partial charge < -0.3 is 14.6 Å². The number of hydrogen-bond donors (Lipinski definition) is 1. The van der Waals surface area contributed by atoms with Crippen LogP contribution in [0, 0.1) is 5.92 Å². The minimum atomic E-state index is -3.77. The zero-order chi connectivity index (χ0) is 32.3. The molecule has 1 saturated heterocycles. The van der Waals surface area contributed by atoms with Gasteiger partial charge in [-0.05, 0) is 67.3 Å². The van der Waals surface area contributed by atoms with Gasteiger partial charge in [-0.1, -0.05) is 80.6 Å². The van der Waals surface area contributed by atoms with Crippen molar-refractivity contribution in [1.29, 1.82) is 0 Å². The molecule has 9 heteroatoms. The zero-order valence-corrected chi connectivity index (χ0v) is 27.7. The van der Waals surface area contributed by atoms with Crippen LogP contribution in [0.1, 0.15) is 62.3 Å². The SMILES string of the molecule is CC(=O)O[C@@]12CCC(N(CC(C)C)S(=O)(=O)Cc3ccccc3)C3Oc4c(O)ccc5c4[C@@]31CCN(CCc1ccccc1)[C@@H]2C5. The summed E-state index contributed by atoms with van der Waals surface area (Å²) >= 11 is 0. The van der Waals surface area contributed by atoms with E-state index in [-0.39, 0.29) is 29.4 Å². The summed E-state index contributed by atoms with van der Waals surface area (Å²) in [7, 11) is -3.77. The Morgan fingerprint density at radius 2 is 1.74 bits per heavy atom. The van der Waals surface area contributed by atoms with E-state index < -0.39 is 33.2 Å². The van der Waals surface area contributed by atoms with Gasteiger partial charge in [0.2, 0.25) is 10.0 Å². The van der Waals surface area contributed by atoms with Gasteiger partial charge in [0.25, 0.3) is 0 Å². The summed E-state index contributed by atoms with van der Waals surface area (Å²) < 4.78 is 43.8. The van der Waals surface area contributed by atoms with Gasteiger partial charge in [-0.15, -0.1) is 0 Å². The molecule has 7 rings (SSSR count). The van der Waals surface area contributed by atoms with E-state index in [1.165, 1.54) is 12.5 Å². The van der Waals surface area contributed by atoms with E-state index in [0.717, 1.165) is 36.2 Å². The quantitative estimate of drug-likeness (QED) is 0.303. The number of piperidine rings is 1. The molecule has 2 heterocycles. The van der Waals surface area contributed by atoms with E-state index in [4.69, 9.17) is 9.47 Å². The van der Waals surface area contributed by atoms with E-state index >= 15 is 0 Å². The summed E-state index contributed by atoms with van der Waals surface area (Å²) in [6.07, 6.45) is 2.53. The maximum Gasteiger partial charge on any atom is 0.303 e. The number of esters is 1. The van der Waals surface area contributed by atoms with Crippen LogP contribution in [0.5, 0.6) is 11.5 Å². The number of rotatable bonds is 10.